The normalized spacial score (nSPS) is 10.4. The highest BCUT2D eigenvalue weighted by atomic mass is 79.9. The van der Waals surface area contributed by atoms with Crippen molar-refractivity contribution >= 4 is 33.3 Å². The molecular formula is C16H19BrN4O2. The van der Waals surface area contributed by atoms with Crippen LogP contribution in [0.4, 0.5) is 11.5 Å². The van der Waals surface area contributed by atoms with E-state index in [1.165, 1.54) is 10.8 Å². The number of aryl methyl sites for hydroxylation is 1. The number of pyridine rings is 2. The molecule has 0 spiro atoms. The number of hydrogen-bond donors (Lipinski definition) is 1. The molecule has 0 bridgehead atoms. The molecule has 0 atom stereocenters. The van der Waals surface area contributed by atoms with Crippen LogP contribution in [0.5, 0.6) is 0 Å². The maximum atomic E-state index is 12.2. The lowest BCUT2D eigenvalue weighted by molar-refractivity contribution is 0.0772. The van der Waals surface area contributed by atoms with Gasteiger partial charge in [-0.3, -0.25) is 9.59 Å². The van der Waals surface area contributed by atoms with Crippen molar-refractivity contribution in [1.82, 2.24) is 14.5 Å². The van der Waals surface area contributed by atoms with Crippen LogP contribution < -0.4 is 10.9 Å². The smallest absolute Gasteiger partial charge is 0.274 e. The zero-order chi connectivity index (χ0) is 17.0. The van der Waals surface area contributed by atoms with Crippen LogP contribution >= 0.6 is 15.9 Å². The molecular weight excluding hydrogens is 360 g/mol. The highest BCUT2D eigenvalue weighted by molar-refractivity contribution is 9.10. The van der Waals surface area contributed by atoms with Crippen molar-refractivity contribution in [1.29, 1.82) is 0 Å². The number of rotatable bonds is 5. The van der Waals surface area contributed by atoms with E-state index in [0.717, 1.165) is 4.47 Å². The minimum Gasteiger partial charge on any atom is -0.339 e. The van der Waals surface area contributed by atoms with Gasteiger partial charge < -0.3 is 14.8 Å². The van der Waals surface area contributed by atoms with Gasteiger partial charge in [0, 0.05) is 37.0 Å². The van der Waals surface area contributed by atoms with Gasteiger partial charge in [-0.15, -0.1) is 0 Å². The first kappa shape index (κ1) is 17.2. The molecule has 0 aliphatic carbocycles. The summed E-state index contributed by atoms with van der Waals surface area (Å²) in [5.74, 6) is 0.462. The molecule has 2 rings (SSSR count). The van der Waals surface area contributed by atoms with E-state index >= 15 is 0 Å². The number of aromatic nitrogens is 2. The molecule has 0 unspecified atom stereocenters. The molecule has 2 aromatic rings. The molecule has 2 heterocycles. The second-order valence-electron chi connectivity index (χ2n) is 5.02. The maximum Gasteiger partial charge on any atom is 0.274 e. The summed E-state index contributed by atoms with van der Waals surface area (Å²) in [4.78, 5) is 30.2. The fourth-order valence-corrected chi connectivity index (χ4v) is 2.72. The monoisotopic (exact) mass is 378 g/mol. The number of anilines is 2. The Bertz CT molecular complexity index is 752. The lowest BCUT2D eigenvalue weighted by Gasteiger charge is -2.18. The Balaban J connectivity index is 2.21. The maximum absolute atomic E-state index is 12.2. The van der Waals surface area contributed by atoms with Crippen molar-refractivity contribution in [2.24, 2.45) is 7.05 Å². The molecule has 1 N–H and O–H groups in total. The Kier molecular flexibility index (Phi) is 5.54. The summed E-state index contributed by atoms with van der Waals surface area (Å²) in [5, 5.41) is 2.98. The van der Waals surface area contributed by atoms with Crippen molar-refractivity contribution in [3.05, 3.63) is 51.0 Å². The van der Waals surface area contributed by atoms with Crippen LogP contribution in [-0.4, -0.2) is 33.4 Å². The second-order valence-corrected chi connectivity index (χ2v) is 5.94. The van der Waals surface area contributed by atoms with Crippen molar-refractivity contribution in [2.75, 3.05) is 18.4 Å². The van der Waals surface area contributed by atoms with Crippen molar-refractivity contribution < 1.29 is 4.79 Å². The molecule has 7 heteroatoms. The van der Waals surface area contributed by atoms with Gasteiger partial charge in [0.05, 0.1) is 5.56 Å². The fourth-order valence-electron chi connectivity index (χ4n) is 2.19. The molecule has 0 aliphatic heterocycles. The fraction of sp³-hybridized carbons (Fsp3) is 0.312. The molecule has 1 amide bonds. The Morgan fingerprint density at radius 1 is 1.35 bits per heavy atom. The van der Waals surface area contributed by atoms with Crippen LogP contribution in [-0.2, 0) is 7.05 Å². The van der Waals surface area contributed by atoms with Gasteiger partial charge in [0.1, 0.15) is 11.5 Å². The molecule has 23 heavy (non-hydrogen) atoms. The summed E-state index contributed by atoms with van der Waals surface area (Å²) in [7, 11) is 1.68. The van der Waals surface area contributed by atoms with Crippen LogP contribution in [0, 0.1) is 0 Å². The van der Waals surface area contributed by atoms with E-state index in [1.807, 2.05) is 13.8 Å². The van der Waals surface area contributed by atoms with Crippen LogP contribution in [0.3, 0.4) is 0 Å². The zero-order valence-electron chi connectivity index (χ0n) is 13.3. The highest BCUT2D eigenvalue weighted by Crippen LogP contribution is 2.16. The number of nitrogens with zero attached hydrogens (tertiary/aromatic N) is 3. The summed E-state index contributed by atoms with van der Waals surface area (Å²) in [6.45, 7) is 5.19. The van der Waals surface area contributed by atoms with Gasteiger partial charge in [-0.05, 0) is 48.0 Å². The van der Waals surface area contributed by atoms with Gasteiger partial charge in [-0.1, -0.05) is 0 Å². The second kappa shape index (κ2) is 7.41. The Morgan fingerprint density at radius 3 is 2.61 bits per heavy atom. The lowest BCUT2D eigenvalue weighted by Crippen LogP contribution is -2.30. The molecule has 0 fully saturated rings. The molecule has 0 radical (unpaired) electrons. The summed E-state index contributed by atoms with van der Waals surface area (Å²) < 4.78 is 2.26. The Hall–Kier alpha value is -2.15. The third-order valence-corrected chi connectivity index (χ3v) is 3.91. The van der Waals surface area contributed by atoms with E-state index in [0.29, 0.717) is 30.2 Å². The SMILES string of the molecule is CCN(CC)C(=O)c1ccc(Nc2cc(Br)cn(C)c2=O)nc1. The molecule has 0 aliphatic rings. The molecule has 0 saturated heterocycles. The van der Waals surface area contributed by atoms with Crippen LogP contribution in [0.15, 0.2) is 39.9 Å². The summed E-state index contributed by atoms with van der Waals surface area (Å²) in [6, 6.07) is 5.09. The minimum atomic E-state index is -0.154. The van der Waals surface area contributed by atoms with Gasteiger partial charge >= 0.3 is 0 Å². The number of carbonyl (C=O) groups is 1. The first-order valence-corrected chi connectivity index (χ1v) is 8.14. The van der Waals surface area contributed by atoms with E-state index in [-0.39, 0.29) is 11.5 Å². The van der Waals surface area contributed by atoms with Crippen molar-refractivity contribution in [3.8, 4) is 0 Å². The van der Waals surface area contributed by atoms with E-state index in [1.54, 1.807) is 36.3 Å². The average Bonchev–Trinajstić information content (AvgIpc) is 2.54. The number of carbonyl (C=O) groups excluding carboxylic acids is 1. The van der Waals surface area contributed by atoms with Crippen molar-refractivity contribution in [3.63, 3.8) is 0 Å². The van der Waals surface area contributed by atoms with Gasteiger partial charge in [0.15, 0.2) is 0 Å². The van der Waals surface area contributed by atoms with E-state index < -0.39 is 0 Å². The van der Waals surface area contributed by atoms with Gasteiger partial charge in [-0.25, -0.2) is 4.98 Å². The Labute approximate surface area is 143 Å². The molecule has 2 aromatic heterocycles. The third-order valence-electron chi connectivity index (χ3n) is 3.47. The highest BCUT2D eigenvalue weighted by Gasteiger charge is 2.13. The van der Waals surface area contributed by atoms with Crippen LogP contribution in [0.2, 0.25) is 0 Å². The number of amides is 1. The van der Waals surface area contributed by atoms with E-state index in [9.17, 15) is 9.59 Å². The summed E-state index contributed by atoms with van der Waals surface area (Å²) in [5.41, 5.74) is 0.789. The predicted octanol–water partition coefficient (Wildman–Crippen LogP) is 2.77. The van der Waals surface area contributed by atoms with Crippen LogP contribution in [0.1, 0.15) is 24.2 Å². The summed E-state index contributed by atoms with van der Waals surface area (Å²) >= 11 is 3.35. The standard InChI is InChI=1S/C16H19BrN4O2/c1-4-21(5-2)15(22)11-6-7-14(18-9-11)19-13-8-12(17)10-20(3)16(13)23/h6-10H,4-5H2,1-3H3,(H,18,19). The van der Waals surface area contributed by atoms with Gasteiger partial charge in [0.2, 0.25) is 0 Å². The summed E-state index contributed by atoms with van der Waals surface area (Å²) in [6.07, 6.45) is 3.21. The molecule has 0 saturated carbocycles. The molecule has 6 nitrogen and oxygen atoms in total. The van der Waals surface area contributed by atoms with E-state index in [2.05, 4.69) is 26.2 Å². The van der Waals surface area contributed by atoms with Crippen LogP contribution in [0.25, 0.3) is 0 Å². The molecule has 0 aromatic carbocycles. The topological polar surface area (TPSA) is 67.2 Å². The van der Waals surface area contributed by atoms with Crippen molar-refractivity contribution in [2.45, 2.75) is 13.8 Å². The first-order valence-electron chi connectivity index (χ1n) is 7.34. The minimum absolute atomic E-state index is 0.0487. The zero-order valence-corrected chi connectivity index (χ0v) is 14.9. The largest absolute Gasteiger partial charge is 0.339 e. The predicted molar refractivity (Wildman–Crippen MR) is 94.2 cm³/mol. The van der Waals surface area contributed by atoms with E-state index in [4.69, 9.17) is 0 Å². The quantitative estimate of drug-likeness (QED) is 0.868. The first-order chi connectivity index (χ1) is 11.0. The average molecular weight is 379 g/mol. The third kappa shape index (κ3) is 3.98. The lowest BCUT2D eigenvalue weighted by atomic mass is 10.2. The van der Waals surface area contributed by atoms with Gasteiger partial charge in [-0.2, -0.15) is 0 Å². The Morgan fingerprint density at radius 2 is 2.04 bits per heavy atom. The number of nitrogens with one attached hydrogen (secondary N) is 1. The number of halogens is 1. The molecule has 122 valence electrons. The van der Waals surface area contributed by atoms with Gasteiger partial charge in [0.25, 0.3) is 11.5 Å². The number of hydrogen-bond acceptors (Lipinski definition) is 4.